The van der Waals surface area contributed by atoms with Gasteiger partial charge in [0.25, 0.3) is 0 Å². The summed E-state index contributed by atoms with van der Waals surface area (Å²) < 4.78 is 4.60. The minimum atomic E-state index is -0.718. The van der Waals surface area contributed by atoms with Crippen LogP contribution in [-0.2, 0) is 9.53 Å². The molecule has 0 radical (unpaired) electrons. The van der Waals surface area contributed by atoms with Gasteiger partial charge in [-0.15, -0.1) is 11.6 Å². The van der Waals surface area contributed by atoms with Crippen molar-refractivity contribution in [1.82, 2.24) is 0 Å². The summed E-state index contributed by atoms with van der Waals surface area (Å²) in [5, 5.41) is -0.718. The number of rotatable bonds is 3. The number of methoxy groups -OCH3 is 1. The predicted molar refractivity (Wildman–Crippen MR) is 61.8 cm³/mol. The van der Waals surface area contributed by atoms with Crippen molar-refractivity contribution in [3.63, 3.8) is 0 Å². The van der Waals surface area contributed by atoms with Crippen molar-refractivity contribution in [2.24, 2.45) is 0 Å². The SMILES string of the molecule is COC(=O)c1ccc(C)c(C(Cl)C(C)=O)c1. The van der Waals surface area contributed by atoms with E-state index >= 15 is 0 Å². The zero-order valence-corrected chi connectivity index (χ0v) is 10.2. The molecule has 4 heteroatoms. The summed E-state index contributed by atoms with van der Waals surface area (Å²) in [6.07, 6.45) is 0. The van der Waals surface area contributed by atoms with E-state index in [4.69, 9.17) is 11.6 Å². The number of carbonyl (C=O) groups excluding carboxylic acids is 2. The number of hydrogen-bond acceptors (Lipinski definition) is 3. The molecule has 1 atom stereocenters. The molecule has 0 aliphatic heterocycles. The first kappa shape index (κ1) is 12.7. The monoisotopic (exact) mass is 240 g/mol. The molecular weight excluding hydrogens is 228 g/mol. The van der Waals surface area contributed by atoms with Gasteiger partial charge in [-0.1, -0.05) is 6.07 Å². The number of Topliss-reactive ketones (excluding diaryl/α,β-unsaturated/α-hetero) is 1. The maximum Gasteiger partial charge on any atom is 0.337 e. The molecule has 0 saturated carbocycles. The van der Waals surface area contributed by atoms with Crippen molar-refractivity contribution in [3.05, 3.63) is 34.9 Å². The second kappa shape index (κ2) is 5.12. The molecular formula is C12H13ClO3. The van der Waals surface area contributed by atoms with Gasteiger partial charge in [-0.3, -0.25) is 4.79 Å². The van der Waals surface area contributed by atoms with Crippen molar-refractivity contribution in [2.45, 2.75) is 19.2 Å². The quantitative estimate of drug-likeness (QED) is 0.603. The number of hydrogen-bond donors (Lipinski definition) is 0. The number of alkyl halides is 1. The number of benzene rings is 1. The van der Waals surface area contributed by atoms with Crippen LogP contribution in [0.25, 0.3) is 0 Å². The summed E-state index contributed by atoms with van der Waals surface area (Å²) in [7, 11) is 1.31. The van der Waals surface area contributed by atoms with E-state index < -0.39 is 11.3 Å². The first-order valence-electron chi connectivity index (χ1n) is 4.80. The number of carbonyl (C=O) groups is 2. The van der Waals surface area contributed by atoms with Gasteiger partial charge in [-0.25, -0.2) is 4.79 Å². The van der Waals surface area contributed by atoms with E-state index in [1.54, 1.807) is 18.2 Å². The number of ketones is 1. The Labute approximate surface area is 99.4 Å². The van der Waals surface area contributed by atoms with E-state index in [1.165, 1.54) is 14.0 Å². The largest absolute Gasteiger partial charge is 0.465 e. The molecule has 0 aromatic heterocycles. The fourth-order valence-electron chi connectivity index (χ4n) is 1.38. The number of ether oxygens (including phenoxy) is 1. The van der Waals surface area contributed by atoms with E-state index in [0.717, 1.165) is 5.56 Å². The molecule has 1 aromatic rings. The summed E-state index contributed by atoms with van der Waals surface area (Å²) in [4.78, 5) is 22.5. The molecule has 0 heterocycles. The van der Waals surface area contributed by atoms with Gasteiger partial charge >= 0.3 is 5.97 Å². The molecule has 1 unspecified atom stereocenters. The molecule has 0 bridgehead atoms. The molecule has 0 amide bonds. The zero-order chi connectivity index (χ0) is 12.3. The van der Waals surface area contributed by atoms with Crippen LogP contribution in [0.4, 0.5) is 0 Å². The van der Waals surface area contributed by atoms with Gasteiger partial charge in [0, 0.05) is 0 Å². The highest BCUT2D eigenvalue weighted by Gasteiger charge is 2.17. The van der Waals surface area contributed by atoms with Crippen LogP contribution in [0.3, 0.4) is 0 Å². The van der Waals surface area contributed by atoms with Gasteiger partial charge in [0.1, 0.15) is 5.38 Å². The van der Waals surface area contributed by atoms with Crippen LogP contribution < -0.4 is 0 Å². The number of aryl methyl sites for hydroxylation is 1. The first-order chi connectivity index (χ1) is 7.47. The average Bonchev–Trinajstić information content (AvgIpc) is 2.27. The summed E-state index contributed by atoms with van der Waals surface area (Å²) in [6.45, 7) is 3.26. The van der Waals surface area contributed by atoms with Crippen molar-refractivity contribution in [1.29, 1.82) is 0 Å². The predicted octanol–water partition coefficient (Wildman–Crippen LogP) is 2.65. The van der Waals surface area contributed by atoms with Crippen LogP contribution in [0.5, 0.6) is 0 Å². The highest BCUT2D eigenvalue weighted by molar-refractivity contribution is 6.31. The summed E-state index contributed by atoms with van der Waals surface area (Å²) in [6, 6.07) is 4.99. The van der Waals surface area contributed by atoms with Crippen molar-refractivity contribution >= 4 is 23.4 Å². The maximum atomic E-state index is 11.3. The Morgan fingerprint density at radius 3 is 2.50 bits per heavy atom. The summed E-state index contributed by atoms with van der Waals surface area (Å²) in [5.74, 6) is -0.583. The first-order valence-corrected chi connectivity index (χ1v) is 5.24. The molecule has 16 heavy (non-hydrogen) atoms. The standard InChI is InChI=1S/C12H13ClO3/c1-7-4-5-9(12(15)16-3)6-10(7)11(13)8(2)14/h4-6,11H,1-3H3. The van der Waals surface area contributed by atoms with E-state index in [1.807, 2.05) is 6.92 Å². The van der Waals surface area contributed by atoms with Crippen molar-refractivity contribution in [3.8, 4) is 0 Å². The van der Waals surface area contributed by atoms with Crippen LogP contribution >= 0.6 is 11.6 Å². The minimum absolute atomic E-state index is 0.146. The molecule has 1 aromatic carbocycles. The Morgan fingerprint density at radius 2 is 2.00 bits per heavy atom. The van der Waals surface area contributed by atoms with Gasteiger partial charge < -0.3 is 4.74 Å². The number of halogens is 1. The molecule has 3 nitrogen and oxygen atoms in total. The molecule has 1 rings (SSSR count). The second-order valence-corrected chi connectivity index (χ2v) is 3.97. The van der Waals surface area contributed by atoms with E-state index in [2.05, 4.69) is 4.74 Å². The van der Waals surface area contributed by atoms with Crippen molar-refractivity contribution in [2.75, 3.05) is 7.11 Å². The Morgan fingerprint density at radius 1 is 1.38 bits per heavy atom. The highest BCUT2D eigenvalue weighted by atomic mass is 35.5. The third-order valence-corrected chi connectivity index (χ3v) is 2.87. The normalized spacial score (nSPS) is 12.0. The van der Waals surface area contributed by atoms with Crippen LogP contribution in [0.1, 0.15) is 33.8 Å². The summed E-state index contributed by atoms with van der Waals surface area (Å²) >= 11 is 5.96. The highest BCUT2D eigenvalue weighted by Crippen LogP contribution is 2.25. The Bertz CT molecular complexity index is 426. The molecule has 0 spiro atoms. The van der Waals surface area contributed by atoms with Gasteiger partial charge in [0.2, 0.25) is 0 Å². The Balaban J connectivity index is 3.18. The van der Waals surface area contributed by atoms with Crippen LogP contribution in [0.2, 0.25) is 0 Å². The van der Waals surface area contributed by atoms with Crippen LogP contribution in [0.15, 0.2) is 18.2 Å². The number of esters is 1. The fraction of sp³-hybridized carbons (Fsp3) is 0.333. The van der Waals surface area contributed by atoms with Crippen LogP contribution in [-0.4, -0.2) is 18.9 Å². The Hall–Kier alpha value is -1.35. The third-order valence-electron chi connectivity index (χ3n) is 2.33. The van der Waals surface area contributed by atoms with Crippen LogP contribution in [0, 0.1) is 6.92 Å². The molecule has 0 aliphatic carbocycles. The van der Waals surface area contributed by atoms with Gasteiger partial charge in [0.15, 0.2) is 5.78 Å². The molecule has 86 valence electrons. The molecule has 0 N–H and O–H groups in total. The van der Waals surface area contributed by atoms with Gasteiger partial charge in [-0.2, -0.15) is 0 Å². The van der Waals surface area contributed by atoms with E-state index in [0.29, 0.717) is 11.1 Å². The third kappa shape index (κ3) is 2.61. The lowest BCUT2D eigenvalue weighted by Gasteiger charge is -2.11. The topological polar surface area (TPSA) is 43.4 Å². The van der Waals surface area contributed by atoms with E-state index in [9.17, 15) is 9.59 Å². The second-order valence-electron chi connectivity index (χ2n) is 3.54. The van der Waals surface area contributed by atoms with Gasteiger partial charge in [-0.05, 0) is 37.1 Å². The Kier molecular flexibility index (Phi) is 4.07. The average molecular weight is 241 g/mol. The van der Waals surface area contributed by atoms with E-state index in [-0.39, 0.29) is 5.78 Å². The fourth-order valence-corrected chi connectivity index (χ4v) is 1.61. The van der Waals surface area contributed by atoms with Gasteiger partial charge in [0.05, 0.1) is 12.7 Å². The maximum absolute atomic E-state index is 11.3. The molecule has 0 aliphatic rings. The minimum Gasteiger partial charge on any atom is -0.465 e. The zero-order valence-electron chi connectivity index (χ0n) is 9.41. The lowest BCUT2D eigenvalue weighted by atomic mass is 10.0. The lowest BCUT2D eigenvalue weighted by Crippen LogP contribution is -2.07. The molecule has 0 saturated heterocycles. The van der Waals surface area contributed by atoms with Crippen molar-refractivity contribution < 1.29 is 14.3 Å². The lowest BCUT2D eigenvalue weighted by molar-refractivity contribution is -0.116. The molecule has 0 fully saturated rings. The smallest absolute Gasteiger partial charge is 0.337 e. The summed E-state index contributed by atoms with van der Waals surface area (Å²) in [5.41, 5.74) is 1.93.